The van der Waals surface area contributed by atoms with Crippen molar-refractivity contribution in [1.29, 1.82) is 0 Å². The highest BCUT2D eigenvalue weighted by molar-refractivity contribution is 7.98. The average molecular weight is 394 g/mol. The molecule has 0 saturated carbocycles. The van der Waals surface area contributed by atoms with Gasteiger partial charge in [0.05, 0.1) is 4.92 Å². The molecule has 0 radical (unpaired) electrons. The number of rotatable bonds is 8. The van der Waals surface area contributed by atoms with Crippen molar-refractivity contribution >= 4 is 29.3 Å². The molecule has 1 aliphatic heterocycles. The molecule has 1 saturated heterocycles. The minimum atomic E-state index is -0.663. The Hall–Kier alpha value is -2.13. The molecule has 27 heavy (non-hydrogen) atoms. The monoisotopic (exact) mass is 394 g/mol. The summed E-state index contributed by atoms with van der Waals surface area (Å²) in [6.07, 6.45) is 3.27. The Labute approximate surface area is 163 Å². The van der Waals surface area contributed by atoms with E-state index in [2.05, 4.69) is 12.2 Å². The number of hydrogen-bond donors (Lipinski definition) is 2. The molecule has 2 unspecified atom stereocenters. The highest BCUT2D eigenvalue weighted by Gasteiger charge is 2.37. The van der Waals surface area contributed by atoms with Crippen LogP contribution in [-0.2, 0) is 4.79 Å². The van der Waals surface area contributed by atoms with Crippen LogP contribution >= 0.6 is 11.8 Å². The lowest BCUT2D eigenvalue weighted by Gasteiger charge is -2.26. The molecule has 148 valence electrons. The van der Waals surface area contributed by atoms with Gasteiger partial charge in [0.25, 0.3) is 11.6 Å². The van der Waals surface area contributed by atoms with Crippen molar-refractivity contribution < 1.29 is 14.5 Å². The van der Waals surface area contributed by atoms with Crippen LogP contribution in [0.3, 0.4) is 0 Å². The van der Waals surface area contributed by atoms with E-state index in [1.807, 2.05) is 6.26 Å². The summed E-state index contributed by atoms with van der Waals surface area (Å²) >= 11 is 1.59. The number of nitrogens with one attached hydrogen (secondary N) is 1. The summed E-state index contributed by atoms with van der Waals surface area (Å²) in [4.78, 5) is 37.6. The first-order chi connectivity index (χ1) is 12.8. The number of likely N-dealkylation sites (tertiary alicyclic amines) is 1. The zero-order chi connectivity index (χ0) is 20.0. The number of nitro groups is 1. The highest BCUT2D eigenvalue weighted by atomic mass is 32.2. The van der Waals surface area contributed by atoms with Gasteiger partial charge in [0.2, 0.25) is 5.91 Å². The minimum absolute atomic E-state index is 0.0935. The van der Waals surface area contributed by atoms with Gasteiger partial charge in [0.15, 0.2) is 0 Å². The van der Waals surface area contributed by atoms with Gasteiger partial charge in [-0.1, -0.05) is 13.0 Å². The van der Waals surface area contributed by atoms with Gasteiger partial charge >= 0.3 is 0 Å². The number of thioether (sulfide) groups is 1. The van der Waals surface area contributed by atoms with Crippen LogP contribution in [-0.4, -0.2) is 59.3 Å². The molecule has 1 aliphatic rings. The Morgan fingerprint density at radius 2 is 2.22 bits per heavy atom. The Morgan fingerprint density at radius 3 is 2.81 bits per heavy atom. The van der Waals surface area contributed by atoms with E-state index in [0.29, 0.717) is 31.8 Å². The van der Waals surface area contributed by atoms with Crippen LogP contribution in [0.15, 0.2) is 24.3 Å². The van der Waals surface area contributed by atoms with Crippen molar-refractivity contribution in [3.05, 3.63) is 39.9 Å². The molecule has 1 heterocycles. The van der Waals surface area contributed by atoms with E-state index >= 15 is 0 Å². The lowest BCUT2D eigenvalue weighted by molar-refractivity contribution is -0.384. The summed E-state index contributed by atoms with van der Waals surface area (Å²) in [5, 5.41) is 13.7. The summed E-state index contributed by atoms with van der Waals surface area (Å²) in [7, 11) is 0. The van der Waals surface area contributed by atoms with Gasteiger partial charge in [-0.15, -0.1) is 0 Å². The molecule has 2 atom stereocenters. The van der Waals surface area contributed by atoms with Gasteiger partial charge in [-0.25, -0.2) is 0 Å². The molecule has 1 aromatic carbocycles. The van der Waals surface area contributed by atoms with E-state index in [0.717, 1.165) is 6.42 Å². The molecule has 2 rings (SSSR count). The van der Waals surface area contributed by atoms with E-state index < -0.39 is 16.9 Å². The topological polar surface area (TPSA) is 119 Å². The van der Waals surface area contributed by atoms with Crippen molar-refractivity contribution in [3.8, 4) is 0 Å². The first-order valence-electron chi connectivity index (χ1n) is 8.83. The molecular formula is C18H26N4O4S. The maximum absolute atomic E-state index is 12.9. The zero-order valence-corrected chi connectivity index (χ0v) is 16.5. The summed E-state index contributed by atoms with van der Waals surface area (Å²) in [5.74, 6) is 0.104. The number of amides is 2. The second-order valence-electron chi connectivity index (χ2n) is 7.14. The maximum Gasteiger partial charge on any atom is 0.270 e. The SMILES string of the molecule is CSCCC(NC(=O)c1cccc([N+](=O)[O-])c1)C(=O)N1CCC(C)(CN)C1. The number of carbonyl (C=O) groups excluding carboxylic acids is 2. The van der Waals surface area contributed by atoms with Gasteiger partial charge in [-0.2, -0.15) is 11.8 Å². The van der Waals surface area contributed by atoms with Gasteiger partial charge in [0.1, 0.15) is 6.04 Å². The van der Waals surface area contributed by atoms with E-state index in [9.17, 15) is 19.7 Å². The number of nitrogens with zero attached hydrogens (tertiary/aromatic N) is 2. The second-order valence-corrected chi connectivity index (χ2v) is 8.13. The molecule has 0 bridgehead atoms. The highest BCUT2D eigenvalue weighted by Crippen LogP contribution is 2.29. The van der Waals surface area contributed by atoms with Gasteiger partial charge in [-0.3, -0.25) is 19.7 Å². The third-order valence-electron chi connectivity index (χ3n) is 4.90. The van der Waals surface area contributed by atoms with Crippen LogP contribution in [0.1, 0.15) is 30.1 Å². The van der Waals surface area contributed by atoms with Gasteiger partial charge in [-0.05, 0) is 42.9 Å². The lowest BCUT2D eigenvalue weighted by atomic mass is 9.90. The van der Waals surface area contributed by atoms with Gasteiger partial charge in [0, 0.05) is 30.8 Å². The van der Waals surface area contributed by atoms with Gasteiger partial charge < -0.3 is 16.0 Å². The Bertz CT molecular complexity index is 714. The van der Waals surface area contributed by atoms with E-state index in [4.69, 9.17) is 5.73 Å². The fourth-order valence-electron chi connectivity index (χ4n) is 3.09. The van der Waals surface area contributed by atoms with Crippen LogP contribution in [0.4, 0.5) is 5.69 Å². The molecular weight excluding hydrogens is 368 g/mol. The molecule has 8 nitrogen and oxygen atoms in total. The number of hydrogen-bond acceptors (Lipinski definition) is 6. The van der Waals surface area contributed by atoms with Crippen molar-refractivity contribution in [1.82, 2.24) is 10.2 Å². The molecule has 9 heteroatoms. The molecule has 2 amide bonds. The second kappa shape index (κ2) is 9.18. The first-order valence-corrected chi connectivity index (χ1v) is 10.2. The molecule has 0 aromatic heterocycles. The van der Waals surface area contributed by atoms with Crippen molar-refractivity contribution in [2.24, 2.45) is 11.1 Å². The normalized spacial score (nSPS) is 20.3. The minimum Gasteiger partial charge on any atom is -0.340 e. The number of nitrogens with two attached hydrogens (primary N) is 1. The number of carbonyl (C=O) groups is 2. The molecule has 1 fully saturated rings. The summed E-state index contributed by atoms with van der Waals surface area (Å²) in [6.45, 7) is 3.75. The van der Waals surface area contributed by atoms with Crippen molar-refractivity contribution in [2.75, 3.05) is 31.6 Å². The maximum atomic E-state index is 12.9. The predicted molar refractivity (Wildman–Crippen MR) is 106 cm³/mol. The molecule has 0 spiro atoms. The van der Waals surface area contributed by atoms with Crippen LogP contribution in [0.25, 0.3) is 0 Å². The zero-order valence-electron chi connectivity index (χ0n) is 15.6. The van der Waals surface area contributed by atoms with Crippen molar-refractivity contribution in [3.63, 3.8) is 0 Å². The fraction of sp³-hybridized carbons (Fsp3) is 0.556. The molecule has 3 N–H and O–H groups in total. The fourth-order valence-corrected chi connectivity index (χ4v) is 3.57. The standard InChI is InChI=1S/C18H26N4O4S/c1-18(11-19)7-8-21(12-18)17(24)15(6-9-27-2)20-16(23)13-4-3-5-14(10-13)22(25)26/h3-5,10,15H,6-9,11-12,19H2,1-2H3,(H,20,23). The van der Waals surface area contributed by atoms with Crippen LogP contribution in [0.5, 0.6) is 0 Å². The van der Waals surface area contributed by atoms with Crippen LogP contribution < -0.4 is 11.1 Å². The van der Waals surface area contributed by atoms with Crippen LogP contribution in [0, 0.1) is 15.5 Å². The lowest BCUT2D eigenvalue weighted by Crippen LogP contribution is -2.49. The predicted octanol–water partition coefficient (Wildman–Crippen LogP) is 1.64. The number of benzene rings is 1. The van der Waals surface area contributed by atoms with Crippen molar-refractivity contribution in [2.45, 2.75) is 25.8 Å². The number of non-ortho nitro benzene ring substituents is 1. The largest absolute Gasteiger partial charge is 0.340 e. The average Bonchev–Trinajstić information content (AvgIpc) is 3.07. The first kappa shape index (κ1) is 21.2. The smallest absolute Gasteiger partial charge is 0.270 e. The third kappa shape index (κ3) is 5.43. The molecule has 0 aliphatic carbocycles. The Morgan fingerprint density at radius 1 is 1.48 bits per heavy atom. The van der Waals surface area contributed by atoms with E-state index in [1.165, 1.54) is 24.3 Å². The van der Waals surface area contributed by atoms with Crippen LogP contribution in [0.2, 0.25) is 0 Å². The number of nitro benzene ring substituents is 1. The van der Waals surface area contributed by atoms with E-state index in [-0.39, 0.29) is 22.6 Å². The Kier molecular flexibility index (Phi) is 7.20. The summed E-state index contributed by atoms with van der Waals surface area (Å²) < 4.78 is 0. The molecule has 1 aromatic rings. The summed E-state index contributed by atoms with van der Waals surface area (Å²) in [6, 6.07) is 4.83. The Balaban J connectivity index is 2.12. The third-order valence-corrected chi connectivity index (χ3v) is 5.54. The summed E-state index contributed by atoms with van der Waals surface area (Å²) in [5.41, 5.74) is 5.73. The quantitative estimate of drug-likeness (QED) is 0.511. The van der Waals surface area contributed by atoms with E-state index in [1.54, 1.807) is 16.7 Å².